The van der Waals surface area contributed by atoms with Crippen LogP contribution in [0.1, 0.15) is 13.8 Å². The topological polar surface area (TPSA) is 132 Å². The van der Waals surface area contributed by atoms with Gasteiger partial charge in [-0.05, 0) is 13.8 Å². The molecule has 0 unspecified atom stereocenters. The van der Waals surface area contributed by atoms with E-state index in [0.717, 1.165) is 6.20 Å². The van der Waals surface area contributed by atoms with E-state index in [4.69, 9.17) is 0 Å². The molecule has 0 aromatic carbocycles. The Kier molecular flexibility index (Phi) is 3.55. The molecule has 0 aliphatic heterocycles. The summed E-state index contributed by atoms with van der Waals surface area (Å²) in [5.41, 5.74) is -3.06. The molecule has 1 aromatic rings. The Balaban J connectivity index is 3.07. The predicted octanol–water partition coefficient (Wildman–Crippen LogP) is -1.89. The molecule has 8 nitrogen and oxygen atoms in total. The lowest BCUT2D eigenvalue weighted by Crippen LogP contribution is -2.40. The van der Waals surface area contributed by atoms with Crippen LogP contribution in [0.3, 0.4) is 0 Å². The van der Waals surface area contributed by atoms with E-state index in [-0.39, 0.29) is 6.54 Å². The first-order valence-electron chi connectivity index (χ1n) is 4.66. The van der Waals surface area contributed by atoms with E-state index < -0.39 is 31.8 Å². The van der Waals surface area contributed by atoms with Crippen molar-refractivity contribution in [2.45, 2.75) is 24.3 Å². The maximum absolute atomic E-state index is 11.6. The van der Waals surface area contributed by atoms with Gasteiger partial charge in [-0.3, -0.25) is 9.78 Å². The Hall–Kier alpha value is -1.45. The number of nitrogens with one attached hydrogen (secondary N) is 3. The average Bonchev–Trinajstić information content (AvgIpc) is 2.13. The van der Waals surface area contributed by atoms with Crippen LogP contribution in [-0.4, -0.2) is 35.6 Å². The molecule has 0 fully saturated rings. The molecule has 96 valence electrons. The molecule has 1 rings (SSSR count). The highest BCUT2D eigenvalue weighted by Gasteiger charge is 2.22. The zero-order chi connectivity index (χ0) is 13.3. The zero-order valence-corrected chi connectivity index (χ0v) is 10.1. The molecule has 0 amide bonds. The standard InChI is InChI=1S/C8H13N3O5S/c1-8(2,14)4-10-17(15,16)5-3-9-7(13)11-6(5)12/h3,10,14H,4H2,1-2H3,(H2,9,11,12,13). The summed E-state index contributed by atoms with van der Waals surface area (Å²) in [5, 5.41) is 9.37. The molecule has 0 spiro atoms. The van der Waals surface area contributed by atoms with Crippen LogP contribution < -0.4 is 16.0 Å². The van der Waals surface area contributed by atoms with Crippen molar-refractivity contribution in [2.24, 2.45) is 0 Å². The lowest BCUT2D eigenvalue weighted by molar-refractivity contribution is 0.0857. The van der Waals surface area contributed by atoms with E-state index in [2.05, 4.69) is 9.71 Å². The summed E-state index contributed by atoms with van der Waals surface area (Å²) >= 11 is 0. The van der Waals surface area contributed by atoms with Crippen LogP contribution in [0.2, 0.25) is 0 Å². The van der Waals surface area contributed by atoms with Crippen molar-refractivity contribution >= 4 is 10.0 Å². The van der Waals surface area contributed by atoms with Crippen LogP contribution in [-0.2, 0) is 10.0 Å². The maximum atomic E-state index is 11.6. The van der Waals surface area contributed by atoms with Crippen LogP contribution in [0.4, 0.5) is 0 Å². The Morgan fingerprint density at radius 3 is 2.47 bits per heavy atom. The van der Waals surface area contributed by atoms with Gasteiger partial charge >= 0.3 is 5.69 Å². The van der Waals surface area contributed by atoms with Gasteiger partial charge in [-0.25, -0.2) is 17.9 Å². The number of aliphatic hydroxyl groups is 1. The highest BCUT2D eigenvalue weighted by molar-refractivity contribution is 7.89. The quantitative estimate of drug-likeness (QED) is 0.504. The zero-order valence-electron chi connectivity index (χ0n) is 9.27. The second-order valence-electron chi connectivity index (χ2n) is 4.07. The van der Waals surface area contributed by atoms with Gasteiger partial charge in [0.15, 0.2) is 4.90 Å². The number of H-pyrrole nitrogens is 2. The third kappa shape index (κ3) is 3.80. The fourth-order valence-electron chi connectivity index (χ4n) is 0.946. The number of hydrogen-bond acceptors (Lipinski definition) is 5. The minimum Gasteiger partial charge on any atom is -0.389 e. The third-order valence-electron chi connectivity index (χ3n) is 1.77. The van der Waals surface area contributed by atoms with Gasteiger partial charge in [-0.15, -0.1) is 0 Å². The fraction of sp³-hybridized carbons (Fsp3) is 0.500. The Morgan fingerprint density at radius 1 is 1.41 bits per heavy atom. The van der Waals surface area contributed by atoms with Gasteiger partial charge in [0.2, 0.25) is 10.0 Å². The van der Waals surface area contributed by atoms with Crippen LogP contribution in [0.25, 0.3) is 0 Å². The van der Waals surface area contributed by atoms with Crippen LogP contribution in [0, 0.1) is 0 Å². The van der Waals surface area contributed by atoms with E-state index in [0.29, 0.717) is 0 Å². The summed E-state index contributed by atoms with van der Waals surface area (Å²) in [6.07, 6.45) is 0.799. The molecule has 4 N–H and O–H groups in total. The SMILES string of the molecule is CC(C)(O)CNS(=O)(=O)c1c[nH]c(=O)[nH]c1=O. The van der Waals surface area contributed by atoms with Gasteiger partial charge in [-0.1, -0.05) is 0 Å². The lowest BCUT2D eigenvalue weighted by Gasteiger charge is -2.17. The molecule has 9 heteroatoms. The molecular weight excluding hydrogens is 250 g/mol. The normalized spacial score (nSPS) is 12.6. The molecule has 0 aliphatic rings. The van der Waals surface area contributed by atoms with Gasteiger partial charge in [0.05, 0.1) is 5.60 Å². The van der Waals surface area contributed by atoms with E-state index in [1.165, 1.54) is 13.8 Å². The number of rotatable bonds is 4. The molecule has 0 saturated carbocycles. The minimum absolute atomic E-state index is 0.256. The first-order valence-corrected chi connectivity index (χ1v) is 6.14. The second-order valence-corrected chi connectivity index (χ2v) is 5.81. The largest absolute Gasteiger partial charge is 0.389 e. The Morgan fingerprint density at radius 2 is 2.00 bits per heavy atom. The van der Waals surface area contributed by atoms with Gasteiger partial charge in [-0.2, -0.15) is 0 Å². The highest BCUT2D eigenvalue weighted by atomic mass is 32.2. The molecule has 1 aromatic heterocycles. The lowest BCUT2D eigenvalue weighted by atomic mass is 10.1. The smallest absolute Gasteiger partial charge is 0.325 e. The number of aromatic amines is 2. The highest BCUT2D eigenvalue weighted by Crippen LogP contribution is 2.02. The van der Waals surface area contributed by atoms with Crippen LogP contribution in [0.5, 0.6) is 0 Å². The maximum Gasteiger partial charge on any atom is 0.325 e. The summed E-state index contributed by atoms with van der Waals surface area (Å²) in [5.74, 6) is 0. The van der Waals surface area contributed by atoms with Gasteiger partial charge in [0.1, 0.15) is 0 Å². The molecule has 0 atom stereocenters. The fourth-order valence-corrected chi connectivity index (χ4v) is 2.15. The van der Waals surface area contributed by atoms with Gasteiger partial charge in [0, 0.05) is 12.7 Å². The van der Waals surface area contributed by atoms with Crippen molar-refractivity contribution in [3.8, 4) is 0 Å². The summed E-state index contributed by atoms with van der Waals surface area (Å²) in [6, 6.07) is 0. The first-order chi connectivity index (χ1) is 7.62. The Bertz CT molecular complexity index is 607. The molecule has 0 bridgehead atoms. The Labute approximate surface area is 96.8 Å². The van der Waals surface area contributed by atoms with Crippen molar-refractivity contribution in [1.29, 1.82) is 0 Å². The average molecular weight is 263 g/mol. The summed E-state index contributed by atoms with van der Waals surface area (Å²) in [7, 11) is -4.06. The molecule has 0 aliphatic carbocycles. The van der Waals surface area contributed by atoms with Gasteiger partial charge in [0.25, 0.3) is 5.56 Å². The second kappa shape index (κ2) is 4.43. The molecule has 1 heterocycles. The van der Waals surface area contributed by atoms with Crippen LogP contribution >= 0.6 is 0 Å². The predicted molar refractivity (Wildman–Crippen MR) is 59.2 cm³/mol. The van der Waals surface area contributed by atoms with Crippen molar-refractivity contribution in [3.63, 3.8) is 0 Å². The van der Waals surface area contributed by atoms with Crippen LogP contribution in [0.15, 0.2) is 20.7 Å². The summed E-state index contributed by atoms with van der Waals surface area (Å²) in [4.78, 5) is 25.2. The molecule has 0 radical (unpaired) electrons. The minimum atomic E-state index is -4.06. The van der Waals surface area contributed by atoms with Crippen molar-refractivity contribution < 1.29 is 13.5 Å². The van der Waals surface area contributed by atoms with Crippen molar-refractivity contribution in [3.05, 3.63) is 27.0 Å². The molecule has 0 saturated heterocycles. The number of sulfonamides is 1. The number of hydrogen-bond donors (Lipinski definition) is 4. The van der Waals surface area contributed by atoms with E-state index in [9.17, 15) is 23.1 Å². The van der Waals surface area contributed by atoms with Crippen molar-refractivity contribution in [1.82, 2.24) is 14.7 Å². The van der Waals surface area contributed by atoms with Crippen molar-refractivity contribution in [2.75, 3.05) is 6.54 Å². The molecular formula is C8H13N3O5S. The number of aromatic nitrogens is 2. The van der Waals surface area contributed by atoms with E-state index in [1.54, 1.807) is 4.98 Å². The summed E-state index contributed by atoms with van der Waals surface area (Å²) in [6.45, 7) is 2.56. The third-order valence-corrected chi connectivity index (χ3v) is 3.18. The molecule has 17 heavy (non-hydrogen) atoms. The van der Waals surface area contributed by atoms with Gasteiger partial charge < -0.3 is 10.1 Å². The summed E-state index contributed by atoms with van der Waals surface area (Å²) < 4.78 is 25.3. The van der Waals surface area contributed by atoms with E-state index >= 15 is 0 Å². The monoisotopic (exact) mass is 263 g/mol. The first kappa shape index (κ1) is 13.6. The van der Waals surface area contributed by atoms with E-state index in [1.807, 2.05) is 0 Å².